The van der Waals surface area contributed by atoms with Crippen molar-refractivity contribution in [3.8, 4) is 11.8 Å². The van der Waals surface area contributed by atoms with E-state index in [2.05, 4.69) is 11.8 Å². The summed E-state index contributed by atoms with van der Waals surface area (Å²) in [6.07, 6.45) is 0.338. The van der Waals surface area contributed by atoms with Crippen molar-refractivity contribution in [2.45, 2.75) is 32.9 Å². The molecule has 0 saturated heterocycles. The number of halogens is 1. The Balaban J connectivity index is 3.00. The first-order valence-corrected chi connectivity index (χ1v) is 6.84. The standard InChI is InChI=1S/C16H21FN2O2/c1-12(2)19(11-16(18)21)10-14-6-7-15(17)9-13(14)5-3-4-8-20/h6-7,9,12,20H,4,8,10-11H2,1-2H3,(H2,18,21). The van der Waals surface area contributed by atoms with Crippen molar-refractivity contribution < 1.29 is 14.3 Å². The van der Waals surface area contributed by atoms with E-state index in [9.17, 15) is 9.18 Å². The number of hydrogen-bond donors (Lipinski definition) is 2. The van der Waals surface area contributed by atoms with Crippen LogP contribution >= 0.6 is 0 Å². The highest BCUT2D eigenvalue weighted by Crippen LogP contribution is 2.14. The van der Waals surface area contributed by atoms with Crippen LogP contribution in [-0.4, -0.2) is 35.1 Å². The summed E-state index contributed by atoms with van der Waals surface area (Å²) in [5.74, 6) is 4.88. The number of nitrogens with zero attached hydrogens (tertiary/aromatic N) is 1. The lowest BCUT2D eigenvalue weighted by atomic mass is 10.1. The summed E-state index contributed by atoms with van der Waals surface area (Å²) in [6.45, 7) is 4.49. The first-order chi connectivity index (χ1) is 9.93. The number of hydrogen-bond acceptors (Lipinski definition) is 3. The van der Waals surface area contributed by atoms with Crippen LogP contribution in [0.2, 0.25) is 0 Å². The number of amides is 1. The molecule has 0 bridgehead atoms. The number of aliphatic hydroxyl groups is 1. The Morgan fingerprint density at radius 1 is 1.48 bits per heavy atom. The molecule has 0 spiro atoms. The molecule has 0 atom stereocenters. The Morgan fingerprint density at radius 3 is 2.76 bits per heavy atom. The lowest BCUT2D eigenvalue weighted by Crippen LogP contribution is -2.38. The van der Waals surface area contributed by atoms with Crippen LogP contribution in [0.5, 0.6) is 0 Å². The van der Waals surface area contributed by atoms with Gasteiger partial charge in [-0.05, 0) is 31.5 Å². The molecule has 1 amide bonds. The molecule has 21 heavy (non-hydrogen) atoms. The molecule has 5 heteroatoms. The Labute approximate surface area is 124 Å². The molecule has 0 saturated carbocycles. The van der Waals surface area contributed by atoms with E-state index in [0.717, 1.165) is 5.56 Å². The largest absolute Gasteiger partial charge is 0.395 e. The van der Waals surface area contributed by atoms with Crippen LogP contribution in [-0.2, 0) is 11.3 Å². The Hall–Kier alpha value is -1.90. The molecule has 0 aliphatic carbocycles. The zero-order chi connectivity index (χ0) is 15.8. The van der Waals surface area contributed by atoms with Gasteiger partial charge in [-0.2, -0.15) is 0 Å². The Bertz CT molecular complexity index is 547. The molecule has 4 nitrogen and oxygen atoms in total. The van der Waals surface area contributed by atoms with Gasteiger partial charge in [-0.15, -0.1) is 0 Å². The molecule has 3 N–H and O–H groups in total. The van der Waals surface area contributed by atoms with Crippen LogP contribution in [0, 0.1) is 17.7 Å². The molecule has 0 fully saturated rings. The highest BCUT2D eigenvalue weighted by atomic mass is 19.1. The van der Waals surface area contributed by atoms with E-state index in [1.165, 1.54) is 12.1 Å². The summed E-state index contributed by atoms with van der Waals surface area (Å²) in [4.78, 5) is 13.0. The fourth-order valence-corrected chi connectivity index (χ4v) is 1.86. The van der Waals surface area contributed by atoms with E-state index < -0.39 is 5.91 Å². The highest BCUT2D eigenvalue weighted by molar-refractivity contribution is 5.76. The van der Waals surface area contributed by atoms with Crippen LogP contribution in [0.4, 0.5) is 4.39 Å². The summed E-state index contributed by atoms with van der Waals surface area (Å²) < 4.78 is 13.4. The van der Waals surface area contributed by atoms with Crippen molar-refractivity contribution in [2.75, 3.05) is 13.2 Å². The Morgan fingerprint density at radius 2 is 2.19 bits per heavy atom. The van der Waals surface area contributed by atoms with E-state index in [0.29, 0.717) is 18.5 Å². The number of carbonyl (C=O) groups is 1. The molecule has 0 unspecified atom stereocenters. The second-order valence-corrected chi connectivity index (χ2v) is 5.04. The normalized spacial score (nSPS) is 10.6. The first kappa shape index (κ1) is 17.2. The van der Waals surface area contributed by atoms with E-state index >= 15 is 0 Å². The molecule has 1 aromatic rings. The number of rotatable bonds is 6. The minimum atomic E-state index is -0.404. The Kier molecular flexibility index (Phi) is 6.86. The third kappa shape index (κ3) is 5.94. The third-order valence-corrected chi connectivity index (χ3v) is 2.99. The lowest BCUT2D eigenvalue weighted by Gasteiger charge is -2.25. The van der Waals surface area contributed by atoms with E-state index in [4.69, 9.17) is 10.8 Å². The van der Waals surface area contributed by atoms with Gasteiger partial charge in [0.1, 0.15) is 5.82 Å². The van der Waals surface area contributed by atoms with Crippen molar-refractivity contribution in [1.29, 1.82) is 0 Å². The van der Waals surface area contributed by atoms with Gasteiger partial charge in [0.25, 0.3) is 0 Å². The number of nitrogens with two attached hydrogens (primary N) is 1. The molecule has 0 radical (unpaired) electrons. The molecule has 1 rings (SSSR count). The lowest BCUT2D eigenvalue weighted by molar-refractivity contribution is -0.119. The molecule has 0 aliphatic rings. The van der Waals surface area contributed by atoms with Gasteiger partial charge >= 0.3 is 0 Å². The van der Waals surface area contributed by atoms with Crippen molar-refractivity contribution in [1.82, 2.24) is 4.90 Å². The van der Waals surface area contributed by atoms with Gasteiger partial charge in [-0.1, -0.05) is 17.9 Å². The number of aliphatic hydroxyl groups excluding tert-OH is 1. The smallest absolute Gasteiger partial charge is 0.231 e. The van der Waals surface area contributed by atoms with Gasteiger partial charge in [0, 0.05) is 24.6 Å². The maximum Gasteiger partial charge on any atom is 0.231 e. The summed E-state index contributed by atoms with van der Waals surface area (Å²) in [5.41, 5.74) is 6.65. The van der Waals surface area contributed by atoms with Crippen molar-refractivity contribution in [3.63, 3.8) is 0 Å². The summed E-state index contributed by atoms with van der Waals surface area (Å²) in [6, 6.07) is 4.52. The molecule has 0 heterocycles. The molecule has 114 valence electrons. The van der Waals surface area contributed by atoms with E-state index in [1.54, 1.807) is 6.07 Å². The summed E-state index contributed by atoms with van der Waals surface area (Å²) >= 11 is 0. The fraction of sp³-hybridized carbons (Fsp3) is 0.438. The van der Waals surface area contributed by atoms with Crippen LogP contribution in [0.15, 0.2) is 18.2 Å². The summed E-state index contributed by atoms with van der Waals surface area (Å²) in [5, 5.41) is 8.75. The summed E-state index contributed by atoms with van der Waals surface area (Å²) in [7, 11) is 0. The molecule has 0 aromatic heterocycles. The van der Waals surface area contributed by atoms with Gasteiger partial charge < -0.3 is 10.8 Å². The highest BCUT2D eigenvalue weighted by Gasteiger charge is 2.14. The minimum Gasteiger partial charge on any atom is -0.395 e. The van der Waals surface area contributed by atoms with Crippen molar-refractivity contribution in [2.24, 2.45) is 5.73 Å². The van der Waals surface area contributed by atoms with Crippen LogP contribution in [0.25, 0.3) is 0 Å². The predicted octanol–water partition coefficient (Wildman–Crippen LogP) is 1.26. The van der Waals surface area contributed by atoms with Crippen LogP contribution in [0.3, 0.4) is 0 Å². The van der Waals surface area contributed by atoms with Gasteiger partial charge in [-0.3, -0.25) is 9.69 Å². The maximum absolute atomic E-state index is 13.4. The second kappa shape index (κ2) is 8.40. The van der Waals surface area contributed by atoms with E-state index in [-0.39, 0.29) is 25.0 Å². The molecule has 1 aromatic carbocycles. The van der Waals surface area contributed by atoms with Gasteiger partial charge in [0.2, 0.25) is 5.91 Å². The average molecular weight is 292 g/mol. The topological polar surface area (TPSA) is 66.6 Å². The third-order valence-electron chi connectivity index (χ3n) is 2.99. The van der Waals surface area contributed by atoms with Gasteiger partial charge in [-0.25, -0.2) is 4.39 Å². The van der Waals surface area contributed by atoms with E-state index in [1.807, 2.05) is 18.7 Å². The average Bonchev–Trinajstić information content (AvgIpc) is 2.40. The zero-order valence-corrected chi connectivity index (χ0v) is 12.4. The maximum atomic E-state index is 13.4. The minimum absolute atomic E-state index is 0.0303. The predicted molar refractivity (Wildman–Crippen MR) is 79.7 cm³/mol. The van der Waals surface area contributed by atoms with Crippen LogP contribution < -0.4 is 5.73 Å². The first-order valence-electron chi connectivity index (χ1n) is 6.84. The van der Waals surface area contributed by atoms with Crippen molar-refractivity contribution in [3.05, 3.63) is 35.1 Å². The molecular formula is C16H21FN2O2. The van der Waals surface area contributed by atoms with Gasteiger partial charge in [0.15, 0.2) is 0 Å². The van der Waals surface area contributed by atoms with Crippen LogP contribution in [0.1, 0.15) is 31.4 Å². The number of benzene rings is 1. The number of carbonyl (C=O) groups excluding carboxylic acids is 1. The second-order valence-electron chi connectivity index (χ2n) is 5.04. The van der Waals surface area contributed by atoms with Crippen molar-refractivity contribution >= 4 is 5.91 Å². The quantitative estimate of drug-likeness (QED) is 0.776. The molecule has 0 aliphatic heterocycles. The SMILES string of the molecule is CC(C)N(CC(N)=O)Cc1ccc(F)cc1C#CCCO. The zero-order valence-electron chi connectivity index (χ0n) is 12.4. The van der Waals surface area contributed by atoms with Gasteiger partial charge in [0.05, 0.1) is 13.2 Å². The number of primary amides is 1. The monoisotopic (exact) mass is 292 g/mol. The fourth-order valence-electron chi connectivity index (χ4n) is 1.86. The molecular weight excluding hydrogens is 271 g/mol.